The van der Waals surface area contributed by atoms with E-state index in [-0.39, 0.29) is 11.7 Å². The summed E-state index contributed by atoms with van der Waals surface area (Å²) >= 11 is 0. The first-order chi connectivity index (χ1) is 11.5. The number of rotatable bonds is 6. The van der Waals surface area contributed by atoms with Crippen LogP contribution in [0.5, 0.6) is 0 Å². The van der Waals surface area contributed by atoms with Gasteiger partial charge in [0.05, 0.1) is 6.21 Å². The predicted molar refractivity (Wildman–Crippen MR) is 95.8 cm³/mol. The van der Waals surface area contributed by atoms with Crippen molar-refractivity contribution < 1.29 is 9.18 Å². The number of carbonyl (C=O) groups excluding carboxylic acids is 1. The third kappa shape index (κ3) is 5.19. The van der Waals surface area contributed by atoms with Gasteiger partial charge in [0.1, 0.15) is 11.9 Å². The van der Waals surface area contributed by atoms with Crippen LogP contribution in [0, 0.1) is 5.82 Å². The van der Waals surface area contributed by atoms with Crippen LogP contribution in [0.3, 0.4) is 0 Å². The van der Waals surface area contributed by atoms with E-state index >= 15 is 0 Å². The monoisotopic (exact) mass is 327 g/mol. The summed E-state index contributed by atoms with van der Waals surface area (Å²) in [6.07, 6.45) is 1.60. The van der Waals surface area contributed by atoms with E-state index in [1.807, 2.05) is 24.3 Å². The summed E-state index contributed by atoms with van der Waals surface area (Å²) in [5.41, 5.74) is 5.34. The van der Waals surface area contributed by atoms with Crippen LogP contribution in [0.1, 0.15) is 37.8 Å². The van der Waals surface area contributed by atoms with Crippen LogP contribution in [-0.2, 0) is 4.79 Å². The Bertz CT molecular complexity index is 694. The molecule has 0 aliphatic carbocycles. The Morgan fingerprint density at radius 3 is 2.25 bits per heavy atom. The fraction of sp³-hybridized carbons (Fsp3) is 0.263. The Hall–Kier alpha value is -2.69. The molecule has 2 aromatic rings. The summed E-state index contributed by atoms with van der Waals surface area (Å²) in [5, 5.41) is 6.95. The lowest BCUT2D eigenvalue weighted by Crippen LogP contribution is -2.34. The fourth-order valence-corrected chi connectivity index (χ4v) is 2.10. The number of anilines is 1. The van der Waals surface area contributed by atoms with Gasteiger partial charge in [-0.2, -0.15) is 5.10 Å². The van der Waals surface area contributed by atoms with Crippen LogP contribution >= 0.6 is 0 Å². The molecule has 0 aliphatic rings. The highest BCUT2D eigenvalue weighted by Crippen LogP contribution is 2.14. The van der Waals surface area contributed by atoms with Gasteiger partial charge >= 0.3 is 0 Å². The van der Waals surface area contributed by atoms with E-state index in [0.29, 0.717) is 11.6 Å². The maximum absolute atomic E-state index is 12.9. The number of benzene rings is 2. The number of nitrogens with zero attached hydrogens (tertiary/aromatic N) is 1. The summed E-state index contributed by atoms with van der Waals surface area (Å²) in [6.45, 7) is 5.99. The van der Waals surface area contributed by atoms with E-state index in [4.69, 9.17) is 0 Å². The number of carbonyl (C=O) groups is 1. The molecule has 24 heavy (non-hydrogen) atoms. The van der Waals surface area contributed by atoms with Gasteiger partial charge in [-0.25, -0.2) is 9.82 Å². The molecule has 0 radical (unpaired) electrons. The number of hydrogen-bond acceptors (Lipinski definition) is 3. The Kier molecular flexibility index (Phi) is 6.07. The van der Waals surface area contributed by atoms with E-state index in [1.165, 1.54) is 17.7 Å². The first-order valence-electron chi connectivity index (χ1n) is 7.90. The molecule has 2 rings (SSSR count). The highest BCUT2D eigenvalue weighted by molar-refractivity contribution is 5.86. The number of halogens is 1. The molecule has 126 valence electrons. The van der Waals surface area contributed by atoms with Gasteiger partial charge in [0.15, 0.2) is 0 Å². The van der Waals surface area contributed by atoms with Crippen molar-refractivity contribution >= 4 is 17.8 Å². The minimum absolute atomic E-state index is 0.269. The highest BCUT2D eigenvalue weighted by Gasteiger charge is 2.11. The van der Waals surface area contributed by atoms with E-state index in [2.05, 4.69) is 29.7 Å². The molecule has 2 aromatic carbocycles. The maximum Gasteiger partial charge on any atom is 0.262 e. The lowest BCUT2D eigenvalue weighted by Gasteiger charge is -2.13. The summed E-state index contributed by atoms with van der Waals surface area (Å²) < 4.78 is 12.9. The van der Waals surface area contributed by atoms with Crippen LogP contribution in [0.15, 0.2) is 53.6 Å². The van der Waals surface area contributed by atoms with Gasteiger partial charge in [0.25, 0.3) is 5.91 Å². The Morgan fingerprint density at radius 1 is 1.04 bits per heavy atom. The molecular weight excluding hydrogens is 305 g/mol. The minimum atomic E-state index is -0.490. The largest absolute Gasteiger partial charge is 0.374 e. The minimum Gasteiger partial charge on any atom is -0.374 e. The van der Waals surface area contributed by atoms with E-state index in [1.54, 1.807) is 25.3 Å². The number of nitrogens with one attached hydrogen (secondary N) is 2. The topological polar surface area (TPSA) is 53.5 Å². The van der Waals surface area contributed by atoms with Crippen molar-refractivity contribution in [2.45, 2.75) is 32.7 Å². The molecule has 2 N–H and O–H groups in total. The fourth-order valence-electron chi connectivity index (χ4n) is 2.10. The van der Waals surface area contributed by atoms with E-state index < -0.39 is 6.04 Å². The molecule has 0 aliphatic heterocycles. The predicted octanol–water partition coefficient (Wildman–Crippen LogP) is 3.90. The molecule has 0 saturated heterocycles. The lowest BCUT2D eigenvalue weighted by molar-refractivity contribution is -0.121. The molecule has 5 heteroatoms. The molecule has 4 nitrogen and oxygen atoms in total. The third-order valence-electron chi connectivity index (χ3n) is 3.61. The first-order valence-corrected chi connectivity index (χ1v) is 7.90. The van der Waals surface area contributed by atoms with Crippen molar-refractivity contribution in [1.82, 2.24) is 5.43 Å². The van der Waals surface area contributed by atoms with Crippen molar-refractivity contribution in [3.63, 3.8) is 0 Å². The Labute approximate surface area is 141 Å². The first kappa shape index (κ1) is 17.7. The van der Waals surface area contributed by atoms with Crippen LogP contribution in [-0.4, -0.2) is 18.2 Å². The normalized spacial score (nSPS) is 12.4. The molecule has 0 fully saturated rings. The quantitative estimate of drug-likeness (QED) is 0.624. The van der Waals surface area contributed by atoms with Crippen molar-refractivity contribution in [3.05, 3.63) is 65.5 Å². The van der Waals surface area contributed by atoms with Gasteiger partial charge < -0.3 is 5.32 Å². The molecule has 0 bridgehead atoms. The summed E-state index contributed by atoms with van der Waals surface area (Å²) in [5.74, 6) is -0.103. The molecule has 0 unspecified atom stereocenters. The zero-order valence-electron chi connectivity index (χ0n) is 14.1. The summed E-state index contributed by atoms with van der Waals surface area (Å²) in [7, 11) is 0. The molecular formula is C19H22FN3O. The van der Waals surface area contributed by atoms with Crippen molar-refractivity contribution in [2.24, 2.45) is 5.10 Å². The van der Waals surface area contributed by atoms with Crippen LogP contribution in [0.2, 0.25) is 0 Å². The molecule has 1 atom stereocenters. The van der Waals surface area contributed by atoms with Crippen LogP contribution < -0.4 is 10.7 Å². The van der Waals surface area contributed by atoms with E-state index in [0.717, 1.165) is 5.56 Å². The highest BCUT2D eigenvalue weighted by atomic mass is 19.1. The lowest BCUT2D eigenvalue weighted by atomic mass is 10.0. The SMILES string of the molecule is CC(C)c1ccc(/C=N\NC(=O)[C@H](C)Nc2ccc(F)cc2)cc1. The molecule has 0 aromatic heterocycles. The third-order valence-corrected chi connectivity index (χ3v) is 3.61. The Balaban J connectivity index is 1.86. The van der Waals surface area contributed by atoms with Crippen LogP contribution in [0.4, 0.5) is 10.1 Å². The van der Waals surface area contributed by atoms with Gasteiger partial charge in [-0.05, 0) is 48.2 Å². The van der Waals surface area contributed by atoms with Gasteiger partial charge in [0, 0.05) is 5.69 Å². The molecule has 0 heterocycles. The van der Waals surface area contributed by atoms with Gasteiger partial charge in [0.2, 0.25) is 0 Å². The van der Waals surface area contributed by atoms with Crippen molar-refractivity contribution in [3.8, 4) is 0 Å². The number of hydrazone groups is 1. The van der Waals surface area contributed by atoms with Crippen molar-refractivity contribution in [1.29, 1.82) is 0 Å². The summed E-state index contributed by atoms with van der Waals surface area (Å²) in [6, 6.07) is 13.4. The molecule has 1 amide bonds. The summed E-state index contributed by atoms with van der Waals surface area (Å²) in [4.78, 5) is 12.0. The molecule has 0 saturated carbocycles. The standard InChI is InChI=1S/C19H22FN3O/c1-13(2)16-6-4-15(5-7-16)12-21-23-19(24)14(3)22-18-10-8-17(20)9-11-18/h4-14,22H,1-3H3,(H,23,24)/b21-12-/t14-/m0/s1. The molecule has 0 spiro atoms. The smallest absolute Gasteiger partial charge is 0.262 e. The van der Waals surface area contributed by atoms with Gasteiger partial charge in [-0.1, -0.05) is 38.1 Å². The Morgan fingerprint density at radius 2 is 1.67 bits per heavy atom. The number of hydrogen-bond donors (Lipinski definition) is 2. The van der Waals surface area contributed by atoms with E-state index in [9.17, 15) is 9.18 Å². The van der Waals surface area contributed by atoms with Crippen molar-refractivity contribution in [2.75, 3.05) is 5.32 Å². The van der Waals surface area contributed by atoms with Crippen LogP contribution in [0.25, 0.3) is 0 Å². The average molecular weight is 327 g/mol. The second-order valence-electron chi connectivity index (χ2n) is 5.93. The second kappa shape index (κ2) is 8.24. The second-order valence-corrected chi connectivity index (χ2v) is 5.93. The zero-order valence-corrected chi connectivity index (χ0v) is 14.1. The maximum atomic E-state index is 12.9. The number of amides is 1. The average Bonchev–Trinajstić information content (AvgIpc) is 2.57. The van der Waals surface area contributed by atoms with Gasteiger partial charge in [-0.15, -0.1) is 0 Å². The zero-order chi connectivity index (χ0) is 17.5. The van der Waals surface area contributed by atoms with Gasteiger partial charge in [-0.3, -0.25) is 4.79 Å².